The van der Waals surface area contributed by atoms with Crippen LogP contribution in [-0.2, 0) is 16.0 Å². The van der Waals surface area contributed by atoms with Crippen LogP contribution >= 0.6 is 0 Å². The van der Waals surface area contributed by atoms with Crippen LogP contribution in [0.1, 0.15) is 5.56 Å². The van der Waals surface area contributed by atoms with E-state index in [1.807, 2.05) is 30.5 Å². The van der Waals surface area contributed by atoms with Gasteiger partial charge >= 0.3 is 0 Å². The second kappa shape index (κ2) is 4.61. The fourth-order valence-electron chi connectivity index (χ4n) is 1.67. The molecule has 16 heavy (non-hydrogen) atoms. The molecule has 1 amide bonds. The van der Waals surface area contributed by atoms with Crippen LogP contribution in [0.3, 0.4) is 0 Å². The summed E-state index contributed by atoms with van der Waals surface area (Å²) >= 11 is 0. The van der Waals surface area contributed by atoms with Crippen LogP contribution in [0.15, 0.2) is 30.5 Å². The summed E-state index contributed by atoms with van der Waals surface area (Å²) in [6.07, 6.45) is 2.79. The van der Waals surface area contributed by atoms with Gasteiger partial charge in [-0.2, -0.15) is 0 Å². The highest BCUT2D eigenvalue weighted by molar-refractivity contribution is 5.89. The second-order valence-corrected chi connectivity index (χ2v) is 3.51. The van der Waals surface area contributed by atoms with Gasteiger partial charge in [-0.1, -0.05) is 18.2 Å². The Balaban J connectivity index is 2.15. The number of carbonyl (C=O) groups excluding carboxylic acids is 2. The van der Waals surface area contributed by atoms with Gasteiger partial charge in [-0.25, -0.2) is 0 Å². The van der Waals surface area contributed by atoms with Crippen LogP contribution in [0, 0.1) is 0 Å². The number of hydrogen-bond acceptors (Lipinski definition) is 2. The van der Waals surface area contributed by atoms with Gasteiger partial charge in [0, 0.05) is 17.1 Å². The maximum absolute atomic E-state index is 11.4. The molecule has 0 radical (unpaired) electrons. The number of benzene rings is 1. The van der Waals surface area contributed by atoms with Crippen molar-refractivity contribution < 1.29 is 9.59 Å². The Morgan fingerprint density at radius 1 is 1.38 bits per heavy atom. The predicted octanol–water partition coefficient (Wildman–Crippen LogP) is 1.03. The topological polar surface area (TPSA) is 62.0 Å². The first-order valence-electron chi connectivity index (χ1n) is 5.06. The minimum absolute atomic E-state index is 0.0706. The van der Waals surface area contributed by atoms with Gasteiger partial charge in [-0.3, -0.25) is 4.79 Å². The van der Waals surface area contributed by atoms with Gasteiger partial charge in [0.15, 0.2) is 0 Å². The van der Waals surface area contributed by atoms with Crippen LogP contribution in [-0.4, -0.2) is 23.7 Å². The molecule has 2 N–H and O–H groups in total. The Morgan fingerprint density at radius 3 is 3.00 bits per heavy atom. The van der Waals surface area contributed by atoms with E-state index >= 15 is 0 Å². The number of amides is 1. The number of carbonyl (C=O) groups is 2. The molecule has 0 aliphatic rings. The quantitative estimate of drug-likeness (QED) is 0.750. The number of fused-ring (bicyclic) bond motifs is 1. The highest BCUT2D eigenvalue weighted by Crippen LogP contribution is 2.17. The average Bonchev–Trinajstić information content (AvgIpc) is 2.70. The SMILES string of the molecule is O=CCNC(=O)Cc1c[nH]c2ccccc12. The summed E-state index contributed by atoms with van der Waals surface area (Å²) in [5.74, 6) is -0.142. The van der Waals surface area contributed by atoms with Crippen molar-refractivity contribution in [3.8, 4) is 0 Å². The number of aromatic nitrogens is 1. The van der Waals surface area contributed by atoms with Gasteiger partial charge in [0.05, 0.1) is 13.0 Å². The monoisotopic (exact) mass is 216 g/mol. The lowest BCUT2D eigenvalue weighted by Crippen LogP contribution is -2.26. The molecule has 4 heteroatoms. The Kier molecular flexibility index (Phi) is 3.00. The average molecular weight is 216 g/mol. The number of H-pyrrole nitrogens is 1. The summed E-state index contributed by atoms with van der Waals surface area (Å²) in [5, 5.41) is 3.56. The molecule has 2 rings (SSSR count). The van der Waals surface area contributed by atoms with E-state index in [1.165, 1.54) is 0 Å². The third-order valence-corrected chi connectivity index (χ3v) is 2.41. The summed E-state index contributed by atoms with van der Waals surface area (Å²) < 4.78 is 0. The highest BCUT2D eigenvalue weighted by atomic mass is 16.2. The summed E-state index contributed by atoms with van der Waals surface area (Å²) in [7, 11) is 0. The minimum atomic E-state index is -0.142. The van der Waals surface area contributed by atoms with Crippen LogP contribution in [0.2, 0.25) is 0 Å². The molecule has 0 saturated carbocycles. The molecule has 0 spiro atoms. The van der Waals surface area contributed by atoms with E-state index in [1.54, 1.807) is 0 Å². The van der Waals surface area contributed by atoms with Gasteiger partial charge in [0.2, 0.25) is 5.91 Å². The molecule has 2 aromatic rings. The number of rotatable bonds is 4. The standard InChI is InChI=1S/C12H12N2O2/c15-6-5-13-12(16)7-9-8-14-11-4-2-1-3-10(9)11/h1-4,6,8,14H,5,7H2,(H,13,16). The van der Waals surface area contributed by atoms with Crippen LogP contribution in [0.4, 0.5) is 0 Å². The zero-order valence-corrected chi connectivity index (χ0v) is 8.69. The maximum Gasteiger partial charge on any atom is 0.224 e. The Hall–Kier alpha value is -2.10. The largest absolute Gasteiger partial charge is 0.361 e. The highest BCUT2D eigenvalue weighted by Gasteiger charge is 2.07. The lowest BCUT2D eigenvalue weighted by atomic mass is 10.1. The number of hydrogen-bond donors (Lipinski definition) is 2. The van der Waals surface area contributed by atoms with Gasteiger partial charge in [0.1, 0.15) is 6.29 Å². The van der Waals surface area contributed by atoms with Crippen molar-refractivity contribution in [2.45, 2.75) is 6.42 Å². The lowest BCUT2D eigenvalue weighted by molar-refractivity contribution is -0.121. The predicted molar refractivity (Wildman–Crippen MR) is 61.1 cm³/mol. The molecule has 4 nitrogen and oxygen atoms in total. The van der Waals surface area contributed by atoms with Crippen molar-refractivity contribution in [3.63, 3.8) is 0 Å². The van der Waals surface area contributed by atoms with Crippen molar-refractivity contribution in [1.82, 2.24) is 10.3 Å². The van der Waals surface area contributed by atoms with E-state index in [-0.39, 0.29) is 18.9 Å². The number of para-hydroxylation sites is 1. The van der Waals surface area contributed by atoms with Gasteiger partial charge in [-0.15, -0.1) is 0 Å². The van der Waals surface area contributed by atoms with Gasteiger partial charge < -0.3 is 15.1 Å². The summed E-state index contributed by atoms with van der Waals surface area (Å²) in [4.78, 5) is 24.6. The first-order chi connectivity index (χ1) is 7.81. The van der Waals surface area contributed by atoms with Crippen molar-refractivity contribution >= 4 is 23.1 Å². The van der Waals surface area contributed by atoms with Crippen molar-refractivity contribution in [2.24, 2.45) is 0 Å². The molecule has 0 saturated heterocycles. The second-order valence-electron chi connectivity index (χ2n) is 3.51. The third-order valence-electron chi connectivity index (χ3n) is 2.41. The minimum Gasteiger partial charge on any atom is -0.361 e. The first-order valence-corrected chi connectivity index (χ1v) is 5.06. The van der Waals surface area contributed by atoms with Crippen molar-refractivity contribution in [2.75, 3.05) is 6.54 Å². The van der Waals surface area contributed by atoms with E-state index in [0.717, 1.165) is 16.5 Å². The molecular weight excluding hydrogens is 204 g/mol. The molecule has 1 aromatic carbocycles. The smallest absolute Gasteiger partial charge is 0.224 e. The van der Waals surface area contributed by atoms with E-state index in [0.29, 0.717) is 6.29 Å². The molecule has 1 heterocycles. The zero-order chi connectivity index (χ0) is 11.4. The Morgan fingerprint density at radius 2 is 2.19 bits per heavy atom. The molecule has 0 atom stereocenters. The van der Waals surface area contributed by atoms with Crippen molar-refractivity contribution in [1.29, 1.82) is 0 Å². The molecule has 0 unspecified atom stereocenters. The van der Waals surface area contributed by atoms with Crippen LogP contribution in [0.5, 0.6) is 0 Å². The first kappa shape index (κ1) is 10.4. The molecule has 1 aromatic heterocycles. The number of aromatic amines is 1. The molecule has 0 fully saturated rings. The van der Waals surface area contributed by atoms with E-state index in [9.17, 15) is 9.59 Å². The maximum atomic E-state index is 11.4. The molecule has 0 aliphatic carbocycles. The fraction of sp³-hybridized carbons (Fsp3) is 0.167. The van der Waals surface area contributed by atoms with Gasteiger partial charge in [-0.05, 0) is 11.6 Å². The fourth-order valence-corrected chi connectivity index (χ4v) is 1.67. The van der Waals surface area contributed by atoms with Gasteiger partial charge in [0.25, 0.3) is 0 Å². The van der Waals surface area contributed by atoms with Crippen LogP contribution in [0.25, 0.3) is 10.9 Å². The Labute approximate surface area is 92.7 Å². The summed E-state index contributed by atoms with van der Waals surface area (Å²) in [6, 6.07) is 7.80. The van der Waals surface area contributed by atoms with E-state index < -0.39 is 0 Å². The van der Waals surface area contributed by atoms with Crippen molar-refractivity contribution in [3.05, 3.63) is 36.0 Å². The number of nitrogens with one attached hydrogen (secondary N) is 2. The number of aldehydes is 1. The molecule has 82 valence electrons. The van der Waals surface area contributed by atoms with Crippen LogP contribution < -0.4 is 5.32 Å². The van der Waals surface area contributed by atoms with E-state index in [2.05, 4.69) is 10.3 Å². The third kappa shape index (κ3) is 2.11. The normalized spacial score (nSPS) is 10.2. The molecule has 0 bridgehead atoms. The Bertz CT molecular complexity index is 516. The molecule has 0 aliphatic heterocycles. The van der Waals surface area contributed by atoms with E-state index in [4.69, 9.17) is 0 Å². The lowest BCUT2D eigenvalue weighted by Gasteiger charge is -1.99. The summed E-state index contributed by atoms with van der Waals surface area (Å²) in [5.41, 5.74) is 1.96. The zero-order valence-electron chi connectivity index (χ0n) is 8.69. The summed E-state index contributed by atoms with van der Waals surface area (Å²) in [6.45, 7) is 0.0706. The molecular formula is C12H12N2O2.